The molecule has 0 saturated carbocycles. The second-order valence-corrected chi connectivity index (χ2v) is 14.5. The number of aliphatic hydroxyl groups excluding tert-OH is 2. The minimum Gasteiger partial charge on any atom is -0.480 e. The highest BCUT2D eigenvalue weighted by Gasteiger charge is 2.36. The highest BCUT2D eigenvalue weighted by atomic mass is 16.4. The van der Waals surface area contributed by atoms with Crippen molar-refractivity contribution in [2.45, 2.75) is 108 Å². The van der Waals surface area contributed by atoms with Crippen molar-refractivity contribution in [3.63, 3.8) is 0 Å². The van der Waals surface area contributed by atoms with Crippen LogP contribution < -0.4 is 43.4 Å². The first-order valence-corrected chi connectivity index (χ1v) is 18.7. The van der Waals surface area contributed by atoms with Crippen LogP contribution in [0.5, 0.6) is 0 Å². The molecule has 22 heteroatoms. The number of nitrogens with zero attached hydrogens (tertiary/aromatic N) is 1. The normalized spacial score (nSPS) is 15.9. The molecule has 0 aliphatic carbocycles. The molecule has 0 bridgehead atoms. The SMILES string of the molecule is CC(NC(=O)C(Cc1cnc[nH]1)NC(=O)C(NC(=O)C(Cc1c[nH]c2ccccc12)NC(=O)C(NC(=O)C(N)C(C)O)C(C)C)C(C)O)C(=O)NC(CC(N)=O)C(=O)O. The van der Waals surface area contributed by atoms with Gasteiger partial charge in [-0.3, -0.25) is 33.6 Å². The number of aliphatic hydroxyl groups is 2. The van der Waals surface area contributed by atoms with E-state index < -0.39 is 114 Å². The molecule has 0 radical (unpaired) electrons. The van der Waals surface area contributed by atoms with Crippen LogP contribution >= 0.6 is 0 Å². The molecule has 3 rings (SSSR count). The number of fused-ring (bicyclic) bond motifs is 1. The summed E-state index contributed by atoms with van der Waals surface area (Å²) in [4.78, 5) is 113. The van der Waals surface area contributed by atoms with Gasteiger partial charge in [0.15, 0.2) is 0 Å². The Labute approximate surface area is 338 Å². The van der Waals surface area contributed by atoms with E-state index in [0.29, 0.717) is 11.3 Å². The lowest BCUT2D eigenvalue weighted by Crippen LogP contribution is -2.62. The van der Waals surface area contributed by atoms with Crippen molar-refractivity contribution in [1.82, 2.24) is 46.9 Å². The van der Waals surface area contributed by atoms with Crippen molar-refractivity contribution in [3.05, 3.63) is 54.2 Å². The average Bonchev–Trinajstić information content (AvgIpc) is 3.83. The maximum atomic E-state index is 14.1. The zero-order chi connectivity index (χ0) is 44.1. The Morgan fingerprint density at radius 1 is 0.695 bits per heavy atom. The van der Waals surface area contributed by atoms with Crippen molar-refractivity contribution in [2.24, 2.45) is 17.4 Å². The Bertz CT molecular complexity index is 1960. The van der Waals surface area contributed by atoms with Gasteiger partial charge in [0.05, 0.1) is 25.0 Å². The van der Waals surface area contributed by atoms with Crippen LogP contribution in [-0.4, -0.2) is 132 Å². The first-order chi connectivity index (χ1) is 27.7. The molecule has 322 valence electrons. The van der Waals surface area contributed by atoms with Gasteiger partial charge in [-0.15, -0.1) is 0 Å². The van der Waals surface area contributed by atoms with Crippen LogP contribution in [0, 0.1) is 5.92 Å². The molecule has 15 N–H and O–H groups in total. The van der Waals surface area contributed by atoms with Gasteiger partial charge in [0.1, 0.15) is 42.3 Å². The summed E-state index contributed by atoms with van der Waals surface area (Å²) in [5.74, 6) is -8.55. The summed E-state index contributed by atoms with van der Waals surface area (Å²) in [6.07, 6.45) is 0.429. The van der Waals surface area contributed by atoms with E-state index in [4.69, 9.17) is 11.5 Å². The fourth-order valence-electron chi connectivity index (χ4n) is 5.82. The van der Waals surface area contributed by atoms with Gasteiger partial charge in [0, 0.05) is 41.8 Å². The number of benzene rings is 1. The third-order valence-electron chi connectivity index (χ3n) is 9.25. The average molecular weight is 828 g/mol. The second kappa shape index (κ2) is 21.4. The number of primary amides is 1. The summed E-state index contributed by atoms with van der Waals surface area (Å²) in [6, 6.07) is -3.07. The number of H-pyrrole nitrogens is 2. The molecule has 7 amide bonds. The fraction of sp³-hybridized carbons (Fsp3) is 0.486. The maximum absolute atomic E-state index is 14.1. The molecule has 3 aromatic rings. The Morgan fingerprint density at radius 3 is 1.83 bits per heavy atom. The highest BCUT2D eigenvalue weighted by Crippen LogP contribution is 2.20. The molecule has 0 aliphatic heterocycles. The zero-order valence-electron chi connectivity index (χ0n) is 33.1. The fourth-order valence-corrected chi connectivity index (χ4v) is 5.82. The number of aromatic nitrogens is 3. The van der Waals surface area contributed by atoms with E-state index in [0.717, 1.165) is 10.9 Å². The summed E-state index contributed by atoms with van der Waals surface area (Å²) >= 11 is 0. The number of para-hydroxylation sites is 1. The number of nitrogens with two attached hydrogens (primary N) is 2. The van der Waals surface area contributed by atoms with Crippen molar-refractivity contribution in [1.29, 1.82) is 0 Å². The number of amides is 7. The van der Waals surface area contributed by atoms with Crippen LogP contribution in [0.3, 0.4) is 0 Å². The smallest absolute Gasteiger partial charge is 0.326 e. The maximum Gasteiger partial charge on any atom is 0.326 e. The molecule has 0 spiro atoms. The Hall–Kier alpha value is -6.39. The Morgan fingerprint density at radius 2 is 1.27 bits per heavy atom. The number of carboxylic acid groups (broad SMARTS) is 1. The molecule has 0 fully saturated rings. The second-order valence-electron chi connectivity index (χ2n) is 14.5. The summed E-state index contributed by atoms with van der Waals surface area (Å²) in [5.41, 5.74) is 12.5. The molecule has 22 nitrogen and oxygen atoms in total. The molecule has 2 aromatic heterocycles. The molecular weight excluding hydrogens is 774 g/mol. The predicted octanol–water partition coefficient (Wildman–Crippen LogP) is -3.69. The van der Waals surface area contributed by atoms with E-state index in [9.17, 15) is 53.7 Å². The van der Waals surface area contributed by atoms with Gasteiger partial charge >= 0.3 is 5.97 Å². The molecule has 59 heavy (non-hydrogen) atoms. The molecule has 1 aromatic carbocycles. The van der Waals surface area contributed by atoms with Crippen LogP contribution in [0.25, 0.3) is 10.9 Å². The summed E-state index contributed by atoms with van der Waals surface area (Å²) in [6.45, 7) is 7.02. The van der Waals surface area contributed by atoms with E-state index in [2.05, 4.69) is 46.9 Å². The third kappa shape index (κ3) is 13.6. The molecule has 0 aliphatic rings. The van der Waals surface area contributed by atoms with Crippen LogP contribution in [0.15, 0.2) is 43.0 Å². The number of hydrogen-bond donors (Lipinski definition) is 13. The third-order valence-corrected chi connectivity index (χ3v) is 9.25. The Balaban J connectivity index is 1.88. The van der Waals surface area contributed by atoms with E-state index in [1.165, 1.54) is 33.3 Å². The highest BCUT2D eigenvalue weighted by molar-refractivity contribution is 5.98. The number of aliphatic carboxylic acids is 1. The number of carboxylic acids is 1. The van der Waals surface area contributed by atoms with Crippen molar-refractivity contribution in [3.8, 4) is 0 Å². The zero-order valence-corrected chi connectivity index (χ0v) is 33.1. The monoisotopic (exact) mass is 827 g/mol. The van der Waals surface area contributed by atoms with Crippen LogP contribution in [0.4, 0.5) is 0 Å². The van der Waals surface area contributed by atoms with E-state index in [-0.39, 0.29) is 12.8 Å². The lowest BCUT2D eigenvalue weighted by molar-refractivity contribution is -0.143. The number of rotatable bonds is 22. The van der Waals surface area contributed by atoms with Crippen molar-refractivity contribution < 1.29 is 53.7 Å². The minimum atomic E-state index is -1.72. The minimum absolute atomic E-state index is 0.130. The predicted molar refractivity (Wildman–Crippen MR) is 209 cm³/mol. The molecule has 9 unspecified atom stereocenters. The number of aromatic amines is 2. The Kier molecular flexibility index (Phi) is 17.0. The molecular formula is C37H53N11O11. The lowest BCUT2D eigenvalue weighted by Gasteiger charge is -2.29. The largest absolute Gasteiger partial charge is 0.480 e. The van der Waals surface area contributed by atoms with E-state index in [1.54, 1.807) is 44.3 Å². The van der Waals surface area contributed by atoms with Gasteiger partial charge < -0.3 is 68.7 Å². The van der Waals surface area contributed by atoms with Crippen molar-refractivity contribution in [2.75, 3.05) is 0 Å². The number of imidazole rings is 1. The molecule has 0 saturated heterocycles. The van der Waals surface area contributed by atoms with Gasteiger partial charge in [0.25, 0.3) is 0 Å². The van der Waals surface area contributed by atoms with Crippen LogP contribution in [0.1, 0.15) is 52.3 Å². The van der Waals surface area contributed by atoms with Gasteiger partial charge in [-0.05, 0) is 38.3 Å². The van der Waals surface area contributed by atoms with Gasteiger partial charge in [0.2, 0.25) is 41.4 Å². The van der Waals surface area contributed by atoms with Gasteiger partial charge in [-0.25, -0.2) is 9.78 Å². The topological polar surface area (TPSA) is 366 Å². The summed E-state index contributed by atoms with van der Waals surface area (Å²) in [7, 11) is 0. The number of hydrogen-bond acceptors (Lipinski definition) is 12. The lowest BCUT2D eigenvalue weighted by atomic mass is 9.99. The van der Waals surface area contributed by atoms with Crippen molar-refractivity contribution >= 4 is 58.2 Å². The molecule has 9 atom stereocenters. The van der Waals surface area contributed by atoms with Crippen LogP contribution in [-0.2, 0) is 51.2 Å². The first-order valence-electron chi connectivity index (χ1n) is 18.7. The van der Waals surface area contributed by atoms with E-state index in [1.807, 2.05) is 0 Å². The van der Waals surface area contributed by atoms with E-state index >= 15 is 0 Å². The van der Waals surface area contributed by atoms with Gasteiger partial charge in [-0.1, -0.05) is 32.0 Å². The van der Waals surface area contributed by atoms with Crippen LogP contribution in [0.2, 0.25) is 0 Å². The molecule has 2 heterocycles. The summed E-state index contributed by atoms with van der Waals surface area (Å²) in [5, 5.41) is 45.2. The quantitative estimate of drug-likeness (QED) is 0.0465. The summed E-state index contributed by atoms with van der Waals surface area (Å²) < 4.78 is 0. The van der Waals surface area contributed by atoms with Gasteiger partial charge in [-0.2, -0.15) is 0 Å². The number of carbonyl (C=O) groups is 8. The number of nitrogens with one attached hydrogen (secondary N) is 8. The number of carbonyl (C=O) groups excluding carboxylic acids is 7. The first kappa shape index (κ1) is 47.0. The standard InChI is InChI=1S/C37H53N11O11/c1-16(2)29(47-34(55)28(39)18(4)49)35(56)44-24(10-20-13-41-23-9-7-6-8-22(20)23)33(54)48-30(19(5)50)36(57)45-25(11-21-14-40-15-42-21)32(53)43-17(3)31(52)46-26(37(58)59)12-27(38)51/h6-9,13-19,24-26,28-30,41,49-50H,10-12,39H2,1-5H3,(H2,38,51)(H,40,42)(H,43,53)(H,44,56)(H,45,57)(H,46,52)(H,47,55)(H,48,54)(H,58,59).